The fraction of sp³-hybridized carbons (Fsp3) is 0.526. The Morgan fingerprint density at radius 2 is 1.93 bits per heavy atom. The van der Waals surface area contributed by atoms with E-state index in [2.05, 4.69) is 19.7 Å². The van der Waals surface area contributed by atoms with Crippen LogP contribution in [0.25, 0.3) is 11.4 Å². The van der Waals surface area contributed by atoms with E-state index in [1.165, 1.54) is 7.11 Å². The van der Waals surface area contributed by atoms with Crippen LogP contribution in [0.3, 0.4) is 0 Å². The van der Waals surface area contributed by atoms with E-state index in [-0.39, 0.29) is 12.1 Å². The second-order valence-electron chi connectivity index (χ2n) is 7.73. The van der Waals surface area contributed by atoms with Crippen molar-refractivity contribution in [2.75, 3.05) is 40.8 Å². The van der Waals surface area contributed by atoms with E-state index in [1.54, 1.807) is 36.3 Å². The quantitative estimate of drug-likeness (QED) is 0.719. The lowest BCUT2D eigenvalue weighted by molar-refractivity contribution is 0.0405. The van der Waals surface area contributed by atoms with Gasteiger partial charge in [-0.05, 0) is 25.0 Å². The van der Waals surface area contributed by atoms with Gasteiger partial charge in [0.2, 0.25) is 0 Å². The van der Waals surface area contributed by atoms with E-state index in [0.717, 1.165) is 11.4 Å². The second-order valence-corrected chi connectivity index (χ2v) is 7.73. The van der Waals surface area contributed by atoms with Gasteiger partial charge in [-0.15, -0.1) is 10.2 Å². The molecule has 10 nitrogen and oxygen atoms in total. The van der Waals surface area contributed by atoms with Gasteiger partial charge in [0.1, 0.15) is 0 Å². The number of piperidine rings is 1. The monoisotopic (exact) mass is 399 g/mol. The lowest BCUT2D eigenvalue weighted by atomic mass is 9.84. The van der Waals surface area contributed by atoms with Crippen LogP contribution in [0.5, 0.6) is 0 Å². The first kappa shape index (κ1) is 19.2. The average molecular weight is 399 g/mol. The summed E-state index contributed by atoms with van der Waals surface area (Å²) in [6.45, 7) is 2.01. The summed E-state index contributed by atoms with van der Waals surface area (Å²) in [6.07, 6.45) is 4.49. The lowest BCUT2D eigenvalue weighted by Crippen LogP contribution is -2.58. The number of ether oxygens (including phenoxy) is 1. The predicted octanol–water partition coefficient (Wildman–Crippen LogP) is 1.39. The van der Waals surface area contributed by atoms with Crippen molar-refractivity contribution in [3.05, 3.63) is 30.4 Å². The molecule has 0 radical (unpaired) electrons. The van der Waals surface area contributed by atoms with E-state index < -0.39 is 5.54 Å². The molecule has 0 unspecified atom stereocenters. The molecule has 2 aromatic heterocycles. The molecule has 10 heteroatoms. The minimum absolute atomic E-state index is 0.00283. The van der Waals surface area contributed by atoms with Gasteiger partial charge in [0.05, 0.1) is 19.2 Å². The maximum atomic E-state index is 12.4. The standard InChI is InChI=1S/C19H25N7O3/c1-23(2)17(27)24-9-6-19(7-10-24)13-25(18(28)29-3)12-15-21-22-16(26(15)19)14-5-4-8-20-11-14/h4-5,8,11H,6-7,9-10,12-13H2,1-3H3. The smallest absolute Gasteiger partial charge is 0.409 e. The largest absolute Gasteiger partial charge is 0.453 e. The van der Waals surface area contributed by atoms with Crippen molar-refractivity contribution in [1.29, 1.82) is 0 Å². The number of fused-ring (bicyclic) bond motifs is 2. The first-order valence-electron chi connectivity index (χ1n) is 9.59. The zero-order valence-electron chi connectivity index (χ0n) is 16.9. The molecule has 1 spiro atoms. The van der Waals surface area contributed by atoms with Crippen LogP contribution in [0.1, 0.15) is 18.7 Å². The number of urea groups is 1. The molecule has 1 fully saturated rings. The molecule has 4 rings (SSSR count). The Bertz CT molecular complexity index is 904. The van der Waals surface area contributed by atoms with Crippen LogP contribution in [-0.2, 0) is 16.8 Å². The third kappa shape index (κ3) is 3.28. The minimum Gasteiger partial charge on any atom is -0.453 e. The number of aromatic nitrogens is 4. The number of hydrogen-bond acceptors (Lipinski definition) is 6. The SMILES string of the molecule is COC(=O)N1Cc2nnc(-c3cccnc3)n2C2(CCN(C(=O)N(C)C)CC2)C1. The number of hydrogen-bond donors (Lipinski definition) is 0. The Kier molecular flexibility index (Phi) is 4.85. The van der Waals surface area contributed by atoms with E-state index in [1.807, 2.05) is 17.0 Å². The first-order valence-corrected chi connectivity index (χ1v) is 9.59. The molecule has 0 atom stereocenters. The molecule has 154 valence electrons. The summed E-state index contributed by atoms with van der Waals surface area (Å²) in [4.78, 5) is 34.0. The lowest BCUT2D eigenvalue weighted by Gasteiger charge is -2.48. The summed E-state index contributed by atoms with van der Waals surface area (Å²) in [6, 6.07) is 3.82. The summed E-state index contributed by atoms with van der Waals surface area (Å²) < 4.78 is 7.12. The molecule has 2 aliphatic heterocycles. The van der Waals surface area contributed by atoms with Crippen LogP contribution in [0, 0.1) is 0 Å². The Hall–Kier alpha value is -3.17. The summed E-state index contributed by atoms with van der Waals surface area (Å²) in [5.41, 5.74) is 0.475. The summed E-state index contributed by atoms with van der Waals surface area (Å²) in [5.74, 6) is 1.46. The molecule has 29 heavy (non-hydrogen) atoms. The number of carbonyl (C=O) groups is 2. The van der Waals surface area contributed by atoms with Gasteiger partial charge in [-0.1, -0.05) is 0 Å². The summed E-state index contributed by atoms with van der Waals surface area (Å²) >= 11 is 0. The molecule has 2 aromatic rings. The molecule has 0 N–H and O–H groups in total. The molecule has 0 saturated carbocycles. The topological polar surface area (TPSA) is 96.7 Å². The average Bonchev–Trinajstić information content (AvgIpc) is 3.19. The van der Waals surface area contributed by atoms with Gasteiger partial charge in [0.15, 0.2) is 11.6 Å². The highest BCUT2D eigenvalue weighted by molar-refractivity contribution is 5.74. The van der Waals surface area contributed by atoms with Gasteiger partial charge in [0, 0.05) is 51.7 Å². The Balaban J connectivity index is 1.72. The van der Waals surface area contributed by atoms with Gasteiger partial charge in [-0.3, -0.25) is 9.88 Å². The van der Waals surface area contributed by atoms with Crippen LogP contribution in [0.15, 0.2) is 24.5 Å². The molecule has 1 saturated heterocycles. The van der Waals surface area contributed by atoms with Crippen molar-refractivity contribution < 1.29 is 14.3 Å². The molecule has 3 amide bonds. The Morgan fingerprint density at radius 1 is 1.17 bits per heavy atom. The number of amides is 3. The van der Waals surface area contributed by atoms with E-state index in [0.29, 0.717) is 44.8 Å². The number of methoxy groups -OCH3 is 1. The maximum absolute atomic E-state index is 12.4. The highest BCUT2D eigenvalue weighted by Crippen LogP contribution is 2.39. The van der Waals surface area contributed by atoms with Crippen molar-refractivity contribution in [3.8, 4) is 11.4 Å². The van der Waals surface area contributed by atoms with Crippen molar-refractivity contribution in [3.63, 3.8) is 0 Å². The number of pyridine rings is 1. The number of carbonyl (C=O) groups excluding carboxylic acids is 2. The minimum atomic E-state index is -0.403. The van der Waals surface area contributed by atoms with Gasteiger partial charge < -0.3 is 19.1 Å². The van der Waals surface area contributed by atoms with Crippen molar-refractivity contribution >= 4 is 12.1 Å². The van der Waals surface area contributed by atoms with Crippen LogP contribution in [0.4, 0.5) is 9.59 Å². The molecular formula is C19H25N7O3. The number of rotatable bonds is 1. The van der Waals surface area contributed by atoms with Crippen molar-refractivity contribution in [1.82, 2.24) is 34.4 Å². The van der Waals surface area contributed by atoms with Crippen LogP contribution in [-0.4, -0.2) is 87.4 Å². The summed E-state index contributed by atoms with van der Waals surface area (Å²) in [7, 11) is 4.89. The molecule has 0 bridgehead atoms. The highest BCUT2D eigenvalue weighted by Gasteiger charge is 2.46. The summed E-state index contributed by atoms with van der Waals surface area (Å²) in [5, 5.41) is 8.80. The fourth-order valence-corrected chi connectivity index (χ4v) is 4.29. The van der Waals surface area contributed by atoms with Crippen molar-refractivity contribution in [2.24, 2.45) is 0 Å². The van der Waals surface area contributed by atoms with Gasteiger partial charge in [0.25, 0.3) is 0 Å². The zero-order chi connectivity index (χ0) is 20.6. The zero-order valence-corrected chi connectivity index (χ0v) is 16.9. The van der Waals surface area contributed by atoms with E-state index in [9.17, 15) is 9.59 Å². The van der Waals surface area contributed by atoms with Crippen LogP contribution in [0.2, 0.25) is 0 Å². The van der Waals surface area contributed by atoms with E-state index >= 15 is 0 Å². The second kappa shape index (κ2) is 7.34. The first-order chi connectivity index (χ1) is 13.9. The Morgan fingerprint density at radius 3 is 2.55 bits per heavy atom. The van der Waals surface area contributed by atoms with E-state index in [4.69, 9.17) is 4.74 Å². The third-order valence-electron chi connectivity index (χ3n) is 5.72. The molecule has 0 aromatic carbocycles. The van der Waals surface area contributed by atoms with Gasteiger partial charge in [-0.2, -0.15) is 0 Å². The van der Waals surface area contributed by atoms with Crippen molar-refractivity contribution in [2.45, 2.75) is 24.9 Å². The molecular weight excluding hydrogens is 374 g/mol. The Labute approximate surface area is 169 Å². The van der Waals surface area contributed by atoms with Gasteiger partial charge in [-0.25, -0.2) is 9.59 Å². The highest BCUT2D eigenvalue weighted by atomic mass is 16.5. The fourth-order valence-electron chi connectivity index (χ4n) is 4.29. The molecule has 4 heterocycles. The van der Waals surface area contributed by atoms with Crippen LogP contribution < -0.4 is 0 Å². The van der Waals surface area contributed by atoms with Gasteiger partial charge >= 0.3 is 12.1 Å². The normalized spacial score (nSPS) is 17.8. The maximum Gasteiger partial charge on any atom is 0.409 e. The number of likely N-dealkylation sites (tertiary alicyclic amines) is 1. The molecule has 2 aliphatic rings. The third-order valence-corrected chi connectivity index (χ3v) is 5.72. The predicted molar refractivity (Wildman–Crippen MR) is 104 cm³/mol. The molecule has 0 aliphatic carbocycles. The number of nitrogens with zero attached hydrogens (tertiary/aromatic N) is 7. The van der Waals surface area contributed by atoms with Crippen LogP contribution >= 0.6 is 0 Å².